The fourth-order valence-electron chi connectivity index (χ4n) is 1.03. The minimum Gasteiger partial charge on any atom is -0.358 e. The first-order chi connectivity index (χ1) is 7.56. The lowest BCUT2D eigenvalue weighted by Gasteiger charge is -2.32. The Morgan fingerprint density at radius 3 is 2.00 bits per heavy atom. The predicted octanol–water partition coefficient (Wildman–Crippen LogP) is 1.09. The van der Waals surface area contributed by atoms with Crippen LogP contribution >= 0.6 is 31.9 Å². The minimum atomic E-state index is -4.89. The molecule has 0 aliphatic carbocycles. The zero-order chi connectivity index (χ0) is 13.3. The quantitative estimate of drug-likeness (QED) is 0.403. The molecule has 0 atom stereocenters. The third kappa shape index (κ3) is 3.71. The number of aliphatic hydroxyl groups is 2. The second kappa shape index (κ2) is 4.92. The molecule has 1 rings (SSSR count). The van der Waals surface area contributed by atoms with E-state index in [2.05, 4.69) is 36.0 Å². The maximum atomic E-state index is 10.6. The van der Waals surface area contributed by atoms with E-state index < -0.39 is 19.6 Å². The molecule has 1 aromatic rings. The Hall–Kier alpha value is -0.0300. The third-order valence-corrected chi connectivity index (χ3v) is 4.11. The summed E-state index contributed by atoms with van der Waals surface area (Å²) in [7, 11) is -4.89. The van der Waals surface area contributed by atoms with Crippen molar-refractivity contribution >= 4 is 42.3 Å². The first kappa shape index (κ1) is 15.0. The molecule has 96 valence electrons. The van der Waals surface area contributed by atoms with Crippen LogP contribution < -0.4 is 0 Å². The van der Waals surface area contributed by atoms with Gasteiger partial charge < -0.3 is 10.2 Å². The van der Waals surface area contributed by atoms with Crippen molar-refractivity contribution in [2.75, 3.05) is 0 Å². The number of halogens is 2. The lowest BCUT2D eigenvalue weighted by molar-refractivity contribution is -0.208. The molecular formula is C8H8Br2O6S. The second-order valence-electron chi connectivity index (χ2n) is 3.07. The van der Waals surface area contributed by atoms with Crippen LogP contribution in [0.1, 0.15) is 5.56 Å². The summed E-state index contributed by atoms with van der Waals surface area (Å²) in [5.41, 5.74) is -0.0441. The van der Waals surface area contributed by atoms with Crippen molar-refractivity contribution in [1.82, 2.24) is 0 Å². The molecule has 0 spiro atoms. The van der Waals surface area contributed by atoms with Crippen LogP contribution in [-0.2, 0) is 20.4 Å². The van der Waals surface area contributed by atoms with E-state index in [1.807, 2.05) is 0 Å². The average molecular weight is 392 g/mol. The van der Waals surface area contributed by atoms with Gasteiger partial charge in [0.1, 0.15) is 0 Å². The first-order valence-electron chi connectivity index (χ1n) is 4.12. The Morgan fingerprint density at radius 1 is 1.12 bits per heavy atom. The number of benzene rings is 1. The van der Waals surface area contributed by atoms with Gasteiger partial charge in [0, 0.05) is 5.56 Å². The average Bonchev–Trinajstić information content (AvgIpc) is 2.15. The highest BCUT2D eigenvalue weighted by atomic mass is 79.9. The zero-order valence-electron chi connectivity index (χ0n) is 8.12. The molecule has 0 aliphatic heterocycles. The molecule has 0 fully saturated rings. The molecule has 0 radical (unpaired) electrons. The molecule has 0 saturated carbocycles. The largest absolute Gasteiger partial charge is 0.399 e. The van der Waals surface area contributed by atoms with E-state index in [1.165, 1.54) is 24.3 Å². The summed E-state index contributed by atoms with van der Waals surface area (Å²) in [5.74, 6) is -2.73. The van der Waals surface area contributed by atoms with Crippen molar-refractivity contribution < 1.29 is 27.4 Å². The lowest BCUT2D eigenvalue weighted by atomic mass is 10.1. The van der Waals surface area contributed by atoms with Gasteiger partial charge in [0.25, 0.3) is 3.42 Å². The number of hydrogen-bond acceptors (Lipinski definition) is 5. The monoisotopic (exact) mass is 390 g/mol. The van der Waals surface area contributed by atoms with E-state index in [0.29, 0.717) is 0 Å². The van der Waals surface area contributed by atoms with Gasteiger partial charge >= 0.3 is 10.4 Å². The topological polar surface area (TPSA) is 104 Å². The molecular weight excluding hydrogens is 384 g/mol. The van der Waals surface area contributed by atoms with Gasteiger partial charge in [-0.05, 0) is 31.9 Å². The van der Waals surface area contributed by atoms with Gasteiger partial charge in [-0.2, -0.15) is 8.42 Å². The maximum Gasteiger partial charge on any atom is 0.399 e. The normalized spacial score (nSPS) is 13.7. The van der Waals surface area contributed by atoms with Crippen LogP contribution in [0.3, 0.4) is 0 Å². The summed E-state index contributed by atoms with van der Waals surface area (Å²) < 4.78 is 31.5. The maximum absolute atomic E-state index is 10.6. The smallest absolute Gasteiger partial charge is 0.358 e. The molecule has 17 heavy (non-hydrogen) atoms. The van der Waals surface area contributed by atoms with Crippen molar-refractivity contribution in [2.24, 2.45) is 0 Å². The van der Waals surface area contributed by atoms with Crippen molar-refractivity contribution in [2.45, 2.75) is 9.21 Å². The number of hydrogen-bond donors (Lipinski definition) is 3. The van der Waals surface area contributed by atoms with Crippen LogP contribution in [0.25, 0.3) is 0 Å². The van der Waals surface area contributed by atoms with Gasteiger partial charge in [-0.15, -0.1) is 0 Å². The first-order valence-corrected chi connectivity index (χ1v) is 7.07. The van der Waals surface area contributed by atoms with Crippen LogP contribution in [-0.4, -0.2) is 26.6 Å². The number of rotatable bonds is 4. The third-order valence-electron chi connectivity index (χ3n) is 1.79. The molecule has 9 heteroatoms. The van der Waals surface area contributed by atoms with E-state index in [1.54, 1.807) is 6.07 Å². The Labute approximate surface area is 114 Å². The minimum absolute atomic E-state index is 0.0441. The van der Waals surface area contributed by atoms with E-state index >= 15 is 0 Å². The molecule has 0 aromatic heterocycles. The second-order valence-corrected chi connectivity index (χ2v) is 7.39. The van der Waals surface area contributed by atoms with Crippen LogP contribution in [0, 0.1) is 0 Å². The standard InChI is InChI=1S/C8H8Br2O6S/c9-8(10,16-17(13,14)15)7(11,12)6-4-2-1-3-5-6/h1-5,11-12H,(H,13,14,15). The fourth-order valence-corrected chi connectivity index (χ4v) is 2.87. The van der Waals surface area contributed by atoms with Crippen molar-refractivity contribution in [3.8, 4) is 0 Å². The van der Waals surface area contributed by atoms with E-state index in [4.69, 9.17) is 4.55 Å². The molecule has 0 saturated heterocycles. The predicted molar refractivity (Wildman–Crippen MR) is 65.8 cm³/mol. The molecule has 0 bridgehead atoms. The van der Waals surface area contributed by atoms with E-state index in [0.717, 1.165) is 0 Å². The lowest BCUT2D eigenvalue weighted by Crippen LogP contribution is -2.45. The molecule has 6 nitrogen and oxygen atoms in total. The van der Waals surface area contributed by atoms with Crippen LogP contribution in [0.5, 0.6) is 0 Å². The van der Waals surface area contributed by atoms with Gasteiger partial charge in [0.05, 0.1) is 0 Å². The van der Waals surface area contributed by atoms with E-state index in [-0.39, 0.29) is 5.56 Å². The molecule has 0 heterocycles. The summed E-state index contributed by atoms with van der Waals surface area (Å²) in [6, 6.07) is 7.34. The highest BCUT2D eigenvalue weighted by Crippen LogP contribution is 2.44. The summed E-state index contributed by atoms with van der Waals surface area (Å²) in [6.07, 6.45) is 0. The van der Waals surface area contributed by atoms with Crippen LogP contribution in [0.2, 0.25) is 0 Å². The molecule has 0 amide bonds. The van der Waals surface area contributed by atoms with Gasteiger partial charge in [0.15, 0.2) is 0 Å². The van der Waals surface area contributed by atoms with Crippen molar-refractivity contribution in [3.05, 3.63) is 35.9 Å². The van der Waals surface area contributed by atoms with Crippen LogP contribution in [0.4, 0.5) is 0 Å². The van der Waals surface area contributed by atoms with Crippen LogP contribution in [0.15, 0.2) is 30.3 Å². The SMILES string of the molecule is O=S(=O)(O)OC(Br)(Br)C(O)(O)c1ccccc1. The Kier molecular flexibility index (Phi) is 4.35. The van der Waals surface area contributed by atoms with Crippen molar-refractivity contribution in [1.29, 1.82) is 0 Å². The molecule has 0 aliphatic rings. The van der Waals surface area contributed by atoms with Gasteiger partial charge in [-0.1, -0.05) is 30.3 Å². The Bertz CT molecular complexity index is 484. The molecule has 3 N–H and O–H groups in total. The summed E-state index contributed by atoms with van der Waals surface area (Å²) in [6.45, 7) is 0. The fraction of sp³-hybridized carbons (Fsp3) is 0.250. The zero-order valence-corrected chi connectivity index (χ0v) is 12.1. The molecule has 1 aromatic carbocycles. The molecule has 0 unspecified atom stereocenters. The summed E-state index contributed by atoms with van der Waals surface area (Å²) >= 11 is 5.26. The van der Waals surface area contributed by atoms with E-state index in [9.17, 15) is 18.6 Å². The van der Waals surface area contributed by atoms with Gasteiger partial charge in [-0.3, -0.25) is 4.55 Å². The Balaban J connectivity index is 3.13. The van der Waals surface area contributed by atoms with Crippen molar-refractivity contribution in [3.63, 3.8) is 0 Å². The summed E-state index contributed by atoms with van der Waals surface area (Å²) in [5, 5.41) is 19.7. The number of alkyl halides is 2. The van der Waals surface area contributed by atoms with Gasteiger partial charge in [-0.25, -0.2) is 4.18 Å². The Morgan fingerprint density at radius 2 is 1.59 bits per heavy atom. The highest BCUT2D eigenvalue weighted by Gasteiger charge is 2.51. The highest BCUT2D eigenvalue weighted by molar-refractivity contribution is 9.25. The van der Waals surface area contributed by atoms with Gasteiger partial charge in [0.2, 0.25) is 5.79 Å². The summed E-state index contributed by atoms with van der Waals surface area (Å²) in [4.78, 5) is 0.